The van der Waals surface area contributed by atoms with Crippen molar-refractivity contribution < 1.29 is 14.3 Å². The molecule has 5 nitrogen and oxygen atoms in total. The summed E-state index contributed by atoms with van der Waals surface area (Å²) in [7, 11) is 0. The molecule has 2 N–H and O–H groups in total. The van der Waals surface area contributed by atoms with Crippen molar-refractivity contribution in [3.05, 3.63) is 24.3 Å². The molecule has 0 bridgehead atoms. The minimum atomic E-state index is -0.629. The lowest BCUT2D eigenvalue weighted by Crippen LogP contribution is -2.36. The van der Waals surface area contributed by atoms with Gasteiger partial charge in [0.1, 0.15) is 5.75 Å². The van der Waals surface area contributed by atoms with Crippen LogP contribution in [0.25, 0.3) is 0 Å². The third-order valence-corrected chi connectivity index (χ3v) is 4.25. The van der Waals surface area contributed by atoms with Crippen LogP contribution in [0, 0.1) is 5.92 Å². The second-order valence-corrected chi connectivity index (χ2v) is 6.69. The summed E-state index contributed by atoms with van der Waals surface area (Å²) in [5.74, 6) is 0.222. The number of ether oxygens (including phenoxy) is 1. The molecule has 5 heteroatoms. The Morgan fingerprint density at radius 1 is 1.08 bits per heavy atom. The molecule has 1 aromatic rings. The van der Waals surface area contributed by atoms with Crippen molar-refractivity contribution in [3.63, 3.8) is 0 Å². The van der Waals surface area contributed by atoms with E-state index in [4.69, 9.17) is 4.74 Å². The van der Waals surface area contributed by atoms with Gasteiger partial charge in [0.25, 0.3) is 0 Å². The van der Waals surface area contributed by atoms with Crippen molar-refractivity contribution in [1.82, 2.24) is 5.32 Å². The molecule has 24 heavy (non-hydrogen) atoms. The number of hydrogen-bond acceptors (Lipinski definition) is 3. The van der Waals surface area contributed by atoms with E-state index in [2.05, 4.69) is 10.6 Å². The molecule has 1 saturated carbocycles. The maximum Gasteiger partial charge on any atom is 0.313 e. The average molecular weight is 332 g/mol. The predicted molar refractivity (Wildman–Crippen MR) is 95.0 cm³/mol. The molecule has 132 valence electrons. The quantitative estimate of drug-likeness (QED) is 0.784. The lowest BCUT2D eigenvalue weighted by molar-refractivity contribution is -0.136. The van der Waals surface area contributed by atoms with Gasteiger partial charge in [0, 0.05) is 12.2 Å². The SMILES string of the molecule is CC(C)Oc1ccc(NC(=O)C(=O)NCCC2CCCCC2)cc1. The normalized spacial score (nSPS) is 15.1. The van der Waals surface area contributed by atoms with Crippen molar-refractivity contribution in [2.24, 2.45) is 5.92 Å². The van der Waals surface area contributed by atoms with E-state index in [1.165, 1.54) is 32.1 Å². The highest BCUT2D eigenvalue weighted by molar-refractivity contribution is 6.39. The highest BCUT2D eigenvalue weighted by Crippen LogP contribution is 2.25. The van der Waals surface area contributed by atoms with Gasteiger partial charge in [-0.05, 0) is 50.5 Å². The maximum atomic E-state index is 11.9. The maximum absolute atomic E-state index is 11.9. The molecule has 1 fully saturated rings. The van der Waals surface area contributed by atoms with Crippen LogP contribution in [0.4, 0.5) is 5.69 Å². The van der Waals surface area contributed by atoms with Crippen LogP contribution in [0.3, 0.4) is 0 Å². The van der Waals surface area contributed by atoms with Gasteiger partial charge >= 0.3 is 11.8 Å². The number of hydrogen-bond donors (Lipinski definition) is 2. The first-order valence-corrected chi connectivity index (χ1v) is 8.90. The smallest absolute Gasteiger partial charge is 0.313 e. The second-order valence-electron chi connectivity index (χ2n) is 6.69. The Hall–Kier alpha value is -2.04. The topological polar surface area (TPSA) is 67.4 Å². The van der Waals surface area contributed by atoms with Gasteiger partial charge < -0.3 is 15.4 Å². The Morgan fingerprint density at radius 2 is 1.75 bits per heavy atom. The highest BCUT2D eigenvalue weighted by Gasteiger charge is 2.16. The van der Waals surface area contributed by atoms with Crippen LogP contribution >= 0.6 is 0 Å². The number of nitrogens with one attached hydrogen (secondary N) is 2. The Kier molecular flexibility index (Phi) is 7.09. The lowest BCUT2D eigenvalue weighted by atomic mass is 9.87. The van der Waals surface area contributed by atoms with Gasteiger partial charge in [-0.25, -0.2) is 0 Å². The van der Waals surface area contributed by atoms with E-state index >= 15 is 0 Å². The van der Waals surface area contributed by atoms with E-state index in [9.17, 15) is 9.59 Å². The van der Waals surface area contributed by atoms with E-state index in [1.807, 2.05) is 13.8 Å². The summed E-state index contributed by atoms with van der Waals surface area (Å²) in [6.45, 7) is 4.47. The van der Waals surface area contributed by atoms with Crippen LogP contribution in [0.5, 0.6) is 5.75 Å². The highest BCUT2D eigenvalue weighted by atomic mass is 16.5. The van der Waals surface area contributed by atoms with Gasteiger partial charge in [0.2, 0.25) is 0 Å². The Morgan fingerprint density at radius 3 is 2.38 bits per heavy atom. The van der Waals surface area contributed by atoms with Crippen LogP contribution in [-0.4, -0.2) is 24.5 Å². The molecule has 0 aromatic heterocycles. The third kappa shape index (κ3) is 6.22. The molecular formula is C19H28N2O3. The summed E-state index contributed by atoms with van der Waals surface area (Å²) >= 11 is 0. The van der Waals surface area contributed by atoms with Crippen molar-refractivity contribution in [2.75, 3.05) is 11.9 Å². The molecule has 0 radical (unpaired) electrons. The number of anilines is 1. The molecule has 1 aliphatic rings. The molecule has 0 heterocycles. The minimum absolute atomic E-state index is 0.0976. The van der Waals surface area contributed by atoms with Crippen LogP contribution < -0.4 is 15.4 Å². The first-order valence-electron chi connectivity index (χ1n) is 8.90. The van der Waals surface area contributed by atoms with Crippen LogP contribution in [0.2, 0.25) is 0 Å². The van der Waals surface area contributed by atoms with E-state index < -0.39 is 11.8 Å². The molecule has 0 aliphatic heterocycles. The summed E-state index contributed by atoms with van der Waals surface area (Å²) in [6, 6.07) is 7.00. The van der Waals surface area contributed by atoms with E-state index in [0.717, 1.165) is 12.2 Å². The number of rotatable bonds is 6. The zero-order valence-electron chi connectivity index (χ0n) is 14.6. The summed E-state index contributed by atoms with van der Waals surface area (Å²) in [4.78, 5) is 23.8. The first kappa shape index (κ1) is 18.3. The predicted octanol–water partition coefficient (Wildman–Crippen LogP) is 3.50. The largest absolute Gasteiger partial charge is 0.491 e. The van der Waals surface area contributed by atoms with Gasteiger partial charge in [-0.15, -0.1) is 0 Å². The van der Waals surface area contributed by atoms with Crippen molar-refractivity contribution in [2.45, 2.75) is 58.5 Å². The number of amides is 2. The summed E-state index contributed by atoms with van der Waals surface area (Å²) in [5.41, 5.74) is 0.582. The van der Waals surface area contributed by atoms with E-state index in [-0.39, 0.29) is 6.10 Å². The molecular weight excluding hydrogens is 304 g/mol. The van der Waals surface area contributed by atoms with Crippen LogP contribution in [0.1, 0.15) is 52.4 Å². The summed E-state index contributed by atoms with van der Waals surface area (Å²) in [6.07, 6.45) is 7.44. The van der Waals surface area contributed by atoms with Gasteiger partial charge in [-0.3, -0.25) is 9.59 Å². The molecule has 2 amide bonds. The van der Waals surface area contributed by atoms with Crippen molar-refractivity contribution >= 4 is 17.5 Å². The lowest BCUT2D eigenvalue weighted by Gasteiger charge is -2.21. The van der Waals surface area contributed by atoms with Crippen LogP contribution in [-0.2, 0) is 9.59 Å². The van der Waals surface area contributed by atoms with Crippen LogP contribution in [0.15, 0.2) is 24.3 Å². The van der Waals surface area contributed by atoms with Gasteiger partial charge in [-0.2, -0.15) is 0 Å². The average Bonchev–Trinajstić information content (AvgIpc) is 2.57. The van der Waals surface area contributed by atoms with E-state index in [1.54, 1.807) is 24.3 Å². The molecule has 0 spiro atoms. The zero-order valence-corrected chi connectivity index (χ0v) is 14.6. The fraction of sp³-hybridized carbons (Fsp3) is 0.579. The molecule has 1 aliphatic carbocycles. The van der Waals surface area contributed by atoms with Crippen molar-refractivity contribution in [3.8, 4) is 5.75 Å². The number of carbonyl (C=O) groups is 2. The molecule has 0 atom stereocenters. The standard InChI is InChI=1S/C19H28N2O3/c1-14(2)24-17-10-8-16(9-11-17)21-19(23)18(22)20-13-12-15-6-4-3-5-7-15/h8-11,14-15H,3-7,12-13H2,1-2H3,(H,20,22)(H,21,23). The number of carbonyl (C=O) groups excluding carboxylic acids is 2. The minimum Gasteiger partial charge on any atom is -0.491 e. The van der Waals surface area contributed by atoms with Gasteiger partial charge in [-0.1, -0.05) is 32.1 Å². The van der Waals surface area contributed by atoms with Gasteiger partial charge in [0.05, 0.1) is 6.10 Å². The fourth-order valence-electron chi connectivity index (χ4n) is 3.02. The molecule has 0 unspecified atom stereocenters. The van der Waals surface area contributed by atoms with Gasteiger partial charge in [0.15, 0.2) is 0 Å². The van der Waals surface area contributed by atoms with Crippen molar-refractivity contribution in [1.29, 1.82) is 0 Å². The Labute approximate surface area is 144 Å². The summed E-state index contributed by atoms with van der Waals surface area (Å²) < 4.78 is 5.54. The Bertz CT molecular complexity index is 534. The monoisotopic (exact) mass is 332 g/mol. The second kappa shape index (κ2) is 9.30. The molecule has 0 saturated heterocycles. The van der Waals surface area contributed by atoms with E-state index in [0.29, 0.717) is 18.2 Å². The number of benzene rings is 1. The summed E-state index contributed by atoms with van der Waals surface area (Å²) in [5, 5.41) is 5.32. The first-order chi connectivity index (χ1) is 11.5. The molecule has 2 rings (SSSR count). The Balaban J connectivity index is 1.71. The fourth-order valence-corrected chi connectivity index (χ4v) is 3.02. The third-order valence-electron chi connectivity index (χ3n) is 4.25. The molecule has 1 aromatic carbocycles. The zero-order chi connectivity index (χ0) is 17.4.